The minimum absolute atomic E-state index is 0.0503. The van der Waals surface area contributed by atoms with Gasteiger partial charge in [0.1, 0.15) is 0 Å². The van der Waals surface area contributed by atoms with E-state index in [-0.39, 0.29) is 5.83 Å². The van der Waals surface area contributed by atoms with Crippen molar-refractivity contribution in [1.29, 1.82) is 0 Å². The zero-order valence-electron chi connectivity index (χ0n) is 8.02. The first-order valence-corrected chi connectivity index (χ1v) is 4.42. The zero-order valence-corrected chi connectivity index (χ0v) is 8.02. The molecule has 0 aliphatic carbocycles. The van der Waals surface area contributed by atoms with Crippen LogP contribution in [-0.2, 0) is 0 Å². The van der Waals surface area contributed by atoms with E-state index < -0.39 is 0 Å². The van der Waals surface area contributed by atoms with Crippen molar-refractivity contribution in [2.24, 2.45) is 11.8 Å². The van der Waals surface area contributed by atoms with E-state index in [0.717, 1.165) is 6.42 Å². The molecule has 0 bridgehead atoms. The van der Waals surface area contributed by atoms with Gasteiger partial charge in [0.25, 0.3) is 0 Å². The quantitative estimate of drug-likeness (QED) is 0.581. The van der Waals surface area contributed by atoms with Gasteiger partial charge in [-0.25, -0.2) is 4.39 Å². The Bertz CT molecular complexity index is 125. The van der Waals surface area contributed by atoms with Crippen LogP contribution >= 0.6 is 0 Å². The molecule has 0 amide bonds. The van der Waals surface area contributed by atoms with Crippen molar-refractivity contribution in [1.82, 2.24) is 0 Å². The number of hydrogen-bond donors (Lipinski definition) is 0. The lowest BCUT2D eigenvalue weighted by Gasteiger charge is -2.04. The first-order valence-electron chi connectivity index (χ1n) is 4.42. The Hall–Kier alpha value is -0.330. The van der Waals surface area contributed by atoms with E-state index in [9.17, 15) is 4.39 Å². The standard InChI is InChI=1S/C10H19F/c1-5-9(4)7-10(11)6-8(2)3/h7-9H,5-6H2,1-4H3/b10-7+. The molecule has 0 aliphatic rings. The molecule has 0 heterocycles. The van der Waals surface area contributed by atoms with Gasteiger partial charge in [0.2, 0.25) is 0 Å². The van der Waals surface area contributed by atoms with E-state index >= 15 is 0 Å². The number of rotatable bonds is 4. The van der Waals surface area contributed by atoms with Crippen molar-refractivity contribution in [3.05, 3.63) is 11.9 Å². The molecule has 1 heteroatoms. The fourth-order valence-electron chi connectivity index (χ4n) is 0.885. The maximum absolute atomic E-state index is 13.0. The SMILES string of the molecule is CCC(C)/C=C(/F)CC(C)C. The molecular formula is C10H19F. The van der Waals surface area contributed by atoms with Gasteiger partial charge in [0.05, 0.1) is 5.83 Å². The summed E-state index contributed by atoms with van der Waals surface area (Å²) in [6, 6.07) is 0. The third-order valence-corrected chi connectivity index (χ3v) is 1.71. The van der Waals surface area contributed by atoms with E-state index in [1.807, 2.05) is 20.8 Å². The predicted octanol–water partition coefficient (Wildman–Crippen LogP) is 3.93. The summed E-state index contributed by atoms with van der Waals surface area (Å²) in [6.07, 6.45) is 3.34. The molecule has 1 unspecified atom stereocenters. The van der Waals surface area contributed by atoms with Gasteiger partial charge in [-0.05, 0) is 18.3 Å². The van der Waals surface area contributed by atoms with Crippen molar-refractivity contribution >= 4 is 0 Å². The molecule has 1 atom stereocenters. The van der Waals surface area contributed by atoms with Crippen LogP contribution in [0, 0.1) is 11.8 Å². The lowest BCUT2D eigenvalue weighted by molar-refractivity contribution is 0.502. The first kappa shape index (κ1) is 10.7. The van der Waals surface area contributed by atoms with E-state index in [4.69, 9.17) is 0 Å². The average Bonchev–Trinajstić information content (AvgIpc) is 1.85. The maximum Gasteiger partial charge on any atom is 0.0965 e. The van der Waals surface area contributed by atoms with Gasteiger partial charge < -0.3 is 0 Å². The van der Waals surface area contributed by atoms with Crippen molar-refractivity contribution in [2.75, 3.05) is 0 Å². The summed E-state index contributed by atoms with van der Waals surface area (Å²) in [5, 5.41) is 0. The Morgan fingerprint density at radius 1 is 1.36 bits per heavy atom. The molecule has 0 saturated carbocycles. The van der Waals surface area contributed by atoms with E-state index in [1.165, 1.54) is 0 Å². The third-order valence-electron chi connectivity index (χ3n) is 1.71. The van der Waals surface area contributed by atoms with E-state index in [1.54, 1.807) is 6.08 Å². The van der Waals surface area contributed by atoms with Crippen LogP contribution in [0.3, 0.4) is 0 Å². The van der Waals surface area contributed by atoms with Gasteiger partial charge in [-0.3, -0.25) is 0 Å². The van der Waals surface area contributed by atoms with E-state index in [2.05, 4.69) is 6.92 Å². The summed E-state index contributed by atoms with van der Waals surface area (Å²) in [5.74, 6) is 0.860. The molecule has 0 saturated heterocycles. The van der Waals surface area contributed by atoms with E-state index in [0.29, 0.717) is 18.3 Å². The fourth-order valence-corrected chi connectivity index (χ4v) is 0.885. The molecule has 11 heavy (non-hydrogen) atoms. The normalized spacial score (nSPS) is 15.6. The fraction of sp³-hybridized carbons (Fsp3) is 0.800. The molecule has 66 valence electrons. The highest BCUT2D eigenvalue weighted by atomic mass is 19.1. The Kier molecular flexibility index (Phi) is 5.18. The number of halogens is 1. The minimum Gasteiger partial charge on any atom is -0.212 e. The zero-order chi connectivity index (χ0) is 8.85. The van der Waals surface area contributed by atoms with Crippen LogP contribution < -0.4 is 0 Å². The Balaban J connectivity index is 3.79. The Morgan fingerprint density at radius 3 is 2.27 bits per heavy atom. The molecule has 0 nitrogen and oxygen atoms in total. The Labute approximate surface area is 69.5 Å². The van der Waals surface area contributed by atoms with Gasteiger partial charge in [0.15, 0.2) is 0 Å². The highest BCUT2D eigenvalue weighted by Crippen LogP contribution is 2.15. The van der Waals surface area contributed by atoms with Crippen molar-refractivity contribution in [3.8, 4) is 0 Å². The Morgan fingerprint density at radius 2 is 1.91 bits per heavy atom. The average molecular weight is 158 g/mol. The van der Waals surface area contributed by atoms with Crippen molar-refractivity contribution in [3.63, 3.8) is 0 Å². The predicted molar refractivity (Wildman–Crippen MR) is 48.1 cm³/mol. The summed E-state index contributed by atoms with van der Waals surface area (Å²) in [6.45, 7) is 8.18. The molecule has 0 radical (unpaired) electrons. The van der Waals surface area contributed by atoms with Gasteiger partial charge in [0, 0.05) is 6.42 Å². The van der Waals surface area contributed by atoms with Crippen LogP contribution in [0.25, 0.3) is 0 Å². The van der Waals surface area contributed by atoms with Crippen LogP contribution in [-0.4, -0.2) is 0 Å². The molecule has 0 rings (SSSR count). The van der Waals surface area contributed by atoms with Crippen molar-refractivity contribution in [2.45, 2.75) is 40.5 Å². The lowest BCUT2D eigenvalue weighted by Crippen LogP contribution is -1.91. The second kappa shape index (κ2) is 5.34. The number of hydrogen-bond acceptors (Lipinski definition) is 0. The number of allylic oxidation sites excluding steroid dienone is 2. The highest BCUT2D eigenvalue weighted by Gasteiger charge is 2.01. The largest absolute Gasteiger partial charge is 0.212 e. The molecule has 0 aromatic heterocycles. The van der Waals surface area contributed by atoms with Gasteiger partial charge in [-0.15, -0.1) is 0 Å². The third kappa shape index (κ3) is 6.08. The summed E-state index contributed by atoms with van der Waals surface area (Å²) in [5.41, 5.74) is 0. The highest BCUT2D eigenvalue weighted by molar-refractivity contribution is 4.94. The summed E-state index contributed by atoms with van der Waals surface area (Å²) in [7, 11) is 0. The molecule has 0 aromatic carbocycles. The second-order valence-corrected chi connectivity index (χ2v) is 3.60. The monoisotopic (exact) mass is 158 g/mol. The van der Waals surface area contributed by atoms with Crippen molar-refractivity contribution < 1.29 is 4.39 Å². The molecule has 0 spiro atoms. The molecule has 0 N–H and O–H groups in total. The molecule has 0 aliphatic heterocycles. The van der Waals surface area contributed by atoms with Crippen LogP contribution in [0.1, 0.15) is 40.5 Å². The van der Waals surface area contributed by atoms with Crippen LogP contribution in [0.2, 0.25) is 0 Å². The summed E-state index contributed by atoms with van der Waals surface area (Å²) in [4.78, 5) is 0. The minimum atomic E-state index is 0.0503. The van der Waals surface area contributed by atoms with Gasteiger partial charge in [-0.2, -0.15) is 0 Å². The summed E-state index contributed by atoms with van der Waals surface area (Å²) < 4.78 is 13.0. The lowest BCUT2D eigenvalue weighted by atomic mass is 10.0. The topological polar surface area (TPSA) is 0 Å². The summed E-state index contributed by atoms with van der Waals surface area (Å²) >= 11 is 0. The molecule has 0 aromatic rings. The van der Waals surface area contributed by atoms with Crippen LogP contribution in [0.4, 0.5) is 4.39 Å². The van der Waals surface area contributed by atoms with Gasteiger partial charge in [-0.1, -0.05) is 33.8 Å². The molecule has 0 fully saturated rings. The molecular weight excluding hydrogens is 139 g/mol. The second-order valence-electron chi connectivity index (χ2n) is 3.60. The smallest absolute Gasteiger partial charge is 0.0965 e. The maximum atomic E-state index is 13.0. The first-order chi connectivity index (χ1) is 5.06. The van der Waals surface area contributed by atoms with Gasteiger partial charge >= 0.3 is 0 Å². The van der Waals surface area contributed by atoms with Crippen LogP contribution in [0.15, 0.2) is 11.9 Å². The van der Waals surface area contributed by atoms with Crippen LogP contribution in [0.5, 0.6) is 0 Å².